The van der Waals surface area contributed by atoms with E-state index in [1.807, 2.05) is 4.98 Å². The number of H-pyrrole nitrogens is 1. The van der Waals surface area contributed by atoms with E-state index in [2.05, 4.69) is 4.84 Å². The molecule has 0 bridgehead atoms. The zero-order chi connectivity index (χ0) is 13.0. The van der Waals surface area contributed by atoms with Gasteiger partial charge >= 0.3 is 11.7 Å². The van der Waals surface area contributed by atoms with Crippen LogP contribution in [0.4, 0.5) is 0 Å². The Bertz CT molecular complexity index is 518. The molecule has 94 valence electrons. The molecule has 17 heavy (non-hydrogen) atoms. The van der Waals surface area contributed by atoms with Gasteiger partial charge in [-0.25, -0.2) is 9.59 Å². The van der Waals surface area contributed by atoms with Crippen LogP contribution in [0.3, 0.4) is 0 Å². The first kappa shape index (κ1) is 13.1. The van der Waals surface area contributed by atoms with Crippen LogP contribution in [0.2, 0.25) is 0 Å². The Morgan fingerprint density at radius 2 is 2.29 bits per heavy atom. The molecule has 0 unspecified atom stereocenters. The lowest BCUT2D eigenvalue weighted by Crippen LogP contribution is -2.43. The number of carbonyl (C=O) groups excluding carboxylic acids is 1. The molecule has 0 radical (unpaired) electrons. The monoisotopic (exact) mass is 243 g/mol. The van der Waals surface area contributed by atoms with E-state index >= 15 is 0 Å². The van der Waals surface area contributed by atoms with E-state index in [9.17, 15) is 14.4 Å². The number of carbonyl (C=O) groups is 1. The van der Waals surface area contributed by atoms with E-state index in [1.54, 1.807) is 0 Å². The van der Waals surface area contributed by atoms with Crippen molar-refractivity contribution in [2.24, 2.45) is 5.73 Å². The maximum Gasteiger partial charge on any atom is 0.361 e. The van der Waals surface area contributed by atoms with Crippen molar-refractivity contribution in [1.29, 1.82) is 0 Å². The summed E-state index contributed by atoms with van der Waals surface area (Å²) in [5.41, 5.74) is 4.16. The smallest absolute Gasteiger partial charge is 0.361 e. The summed E-state index contributed by atoms with van der Waals surface area (Å²) in [5, 5.41) is 8.58. The molecule has 0 aliphatic rings. The highest BCUT2D eigenvalue weighted by atomic mass is 16.7. The predicted molar refractivity (Wildman–Crippen MR) is 57.3 cm³/mol. The van der Waals surface area contributed by atoms with Crippen molar-refractivity contribution < 1.29 is 14.7 Å². The van der Waals surface area contributed by atoms with Crippen molar-refractivity contribution in [2.45, 2.75) is 19.4 Å². The molecule has 0 fully saturated rings. The van der Waals surface area contributed by atoms with E-state index in [0.29, 0.717) is 4.73 Å². The molecule has 0 saturated carbocycles. The Morgan fingerprint density at radius 1 is 1.65 bits per heavy atom. The Balaban J connectivity index is 2.89. The first-order chi connectivity index (χ1) is 7.95. The van der Waals surface area contributed by atoms with Gasteiger partial charge in [0.15, 0.2) is 0 Å². The normalized spacial score (nSPS) is 12.2. The Hall–Kier alpha value is -1.93. The van der Waals surface area contributed by atoms with E-state index in [4.69, 9.17) is 10.8 Å². The molecule has 4 N–H and O–H groups in total. The maximum absolute atomic E-state index is 11.3. The lowest BCUT2D eigenvalue weighted by atomic mass is 10.2. The summed E-state index contributed by atoms with van der Waals surface area (Å²) in [4.78, 5) is 40.3. The highest BCUT2D eigenvalue weighted by Crippen LogP contribution is 1.89. The first-order valence-corrected chi connectivity index (χ1v) is 4.87. The first-order valence-electron chi connectivity index (χ1n) is 4.87. The topological polar surface area (TPSA) is 127 Å². The van der Waals surface area contributed by atoms with Crippen LogP contribution in [-0.2, 0) is 4.79 Å². The SMILES string of the molecule is Cc1cn(OC(=O)[C@@H](N)CCO)c(=O)[nH]c1=O. The van der Waals surface area contributed by atoms with Gasteiger partial charge in [-0.05, 0) is 13.3 Å². The van der Waals surface area contributed by atoms with Gasteiger partial charge in [-0.3, -0.25) is 9.78 Å². The highest BCUT2D eigenvalue weighted by Gasteiger charge is 2.16. The van der Waals surface area contributed by atoms with Gasteiger partial charge in [0, 0.05) is 12.2 Å². The largest absolute Gasteiger partial charge is 0.396 e. The number of nitrogens with one attached hydrogen (secondary N) is 1. The zero-order valence-corrected chi connectivity index (χ0v) is 9.17. The van der Waals surface area contributed by atoms with Crippen LogP contribution < -0.4 is 21.8 Å². The number of aromatic amines is 1. The minimum absolute atomic E-state index is 0.0237. The van der Waals surface area contributed by atoms with Crippen molar-refractivity contribution >= 4 is 5.97 Å². The molecule has 8 nitrogen and oxygen atoms in total. The number of aromatic nitrogens is 2. The second-order valence-electron chi connectivity index (χ2n) is 3.43. The number of aliphatic hydroxyl groups is 1. The second-order valence-corrected chi connectivity index (χ2v) is 3.43. The van der Waals surface area contributed by atoms with Crippen LogP contribution in [0.15, 0.2) is 15.8 Å². The summed E-state index contributed by atoms with van der Waals surface area (Å²) in [7, 11) is 0. The third-order valence-electron chi connectivity index (χ3n) is 2.02. The number of aryl methyl sites for hydroxylation is 1. The number of aliphatic hydroxyl groups excluding tert-OH is 1. The fourth-order valence-electron chi connectivity index (χ4n) is 1.03. The molecular weight excluding hydrogens is 230 g/mol. The summed E-state index contributed by atoms with van der Waals surface area (Å²) >= 11 is 0. The summed E-state index contributed by atoms with van der Waals surface area (Å²) in [6.07, 6.45) is 1.11. The van der Waals surface area contributed by atoms with E-state index in [0.717, 1.165) is 6.20 Å². The Morgan fingerprint density at radius 3 is 2.88 bits per heavy atom. The predicted octanol–water partition coefficient (Wildman–Crippen LogP) is -2.49. The standard InChI is InChI=1S/C9H13N3O5/c1-5-4-12(9(16)11-7(5)14)17-8(15)6(10)2-3-13/h4,6,13H,2-3,10H2,1H3,(H,11,14,16)/t6-/m0/s1. The number of hydrogen-bond acceptors (Lipinski definition) is 6. The molecule has 1 heterocycles. The molecule has 0 saturated heterocycles. The summed E-state index contributed by atoms with van der Waals surface area (Å²) in [5.74, 6) is -0.868. The van der Waals surface area contributed by atoms with Crippen molar-refractivity contribution in [3.05, 3.63) is 32.6 Å². The van der Waals surface area contributed by atoms with E-state index in [1.165, 1.54) is 6.92 Å². The fourth-order valence-corrected chi connectivity index (χ4v) is 1.03. The number of nitrogens with zero attached hydrogens (tertiary/aromatic N) is 1. The quantitative estimate of drug-likeness (QED) is 0.536. The zero-order valence-electron chi connectivity index (χ0n) is 9.17. The molecule has 1 atom stereocenters. The van der Waals surface area contributed by atoms with Crippen molar-refractivity contribution in [1.82, 2.24) is 9.71 Å². The third kappa shape index (κ3) is 3.26. The summed E-state index contributed by atoms with van der Waals surface area (Å²) in [6.45, 7) is 1.19. The molecule has 0 spiro atoms. The van der Waals surface area contributed by atoms with Crippen molar-refractivity contribution in [3.63, 3.8) is 0 Å². The fraction of sp³-hybridized carbons (Fsp3) is 0.444. The Kier molecular flexibility index (Phi) is 4.18. The molecule has 1 rings (SSSR count). The lowest BCUT2D eigenvalue weighted by Gasteiger charge is -2.10. The Labute approximate surface area is 95.6 Å². The third-order valence-corrected chi connectivity index (χ3v) is 2.02. The molecule has 8 heteroatoms. The van der Waals surface area contributed by atoms with Crippen LogP contribution in [0.25, 0.3) is 0 Å². The van der Waals surface area contributed by atoms with Crippen LogP contribution in [0.1, 0.15) is 12.0 Å². The number of rotatable bonds is 4. The maximum atomic E-state index is 11.3. The average Bonchev–Trinajstić information content (AvgIpc) is 2.26. The second kappa shape index (κ2) is 5.41. The van der Waals surface area contributed by atoms with Gasteiger partial charge in [-0.1, -0.05) is 0 Å². The summed E-state index contributed by atoms with van der Waals surface area (Å²) < 4.78 is 0.594. The van der Waals surface area contributed by atoms with Crippen molar-refractivity contribution in [2.75, 3.05) is 6.61 Å². The molecular formula is C9H13N3O5. The molecule has 0 aliphatic heterocycles. The van der Waals surface area contributed by atoms with Gasteiger partial charge in [-0.15, -0.1) is 4.73 Å². The van der Waals surface area contributed by atoms with E-state index < -0.39 is 23.3 Å². The molecule has 0 aromatic carbocycles. The molecule has 0 amide bonds. The van der Waals surface area contributed by atoms with Gasteiger partial charge in [0.25, 0.3) is 5.56 Å². The average molecular weight is 243 g/mol. The summed E-state index contributed by atoms with van der Waals surface area (Å²) in [6, 6.07) is -1.03. The minimum Gasteiger partial charge on any atom is -0.396 e. The van der Waals surface area contributed by atoms with E-state index in [-0.39, 0.29) is 18.6 Å². The van der Waals surface area contributed by atoms with Crippen LogP contribution in [0.5, 0.6) is 0 Å². The highest BCUT2D eigenvalue weighted by molar-refractivity contribution is 5.75. The molecule has 0 aliphatic carbocycles. The van der Waals surface area contributed by atoms with Crippen LogP contribution in [0, 0.1) is 6.92 Å². The number of nitrogens with two attached hydrogens (primary N) is 1. The van der Waals surface area contributed by atoms with Gasteiger partial charge in [0.05, 0.1) is 6.20 Å². The van der Waals surface area contributed by atoms with Gasteiger partial charge in [-0.2, -0.15) is 0 Å². The molecule has 1 aromatic heterocycles. The minimum atomic E-state index is -1.03. The van der Waals surface area contributed by atoms with Gasteiger partial charge < -0.3 is 15.7 Å². The number of hydrogen-bond donors (Lipinski definition) is 3. The van der Waals surface area contributed by atoms with Gasteiger partial charge in [0.2, 0.25) is 0 Å². The van der Waals surface area contributed by atoms with Gasteiger partial charge in [0.1, 0.15) is 6.04 Å². The van der Waals surface area contributed by atoms with Crippen molar-refractivity contribution in [3.8, 4) is 0 Å². The molecule has 1 aromatic rings. The van der Waals surface area contributed by atoms with Crippen LogP contribution >= 0.6 is 0 Å². The van der Waals surface area contributed by atoms with Crippen LogP contribution in [-0.4, -0.2) is 33.4 Å². The lowest BCUT2D eigenvalue weighted by molar-refractivity contribution is -0.146.